The lowest BCUT2D eigenvalue weighted by atomic mass is 9.90. The molecule has 24 heavy (non-hydrogen) atoms. The largest absolute Gasteiger partial charge is 0.273 e. The van der Waals surface area contributed by atoms with Crippen LogP contribution in [0.2, 0.25) is 10.0 Å². The standard InChI is InChI=1S/C18H14Cl2N2OS/c19-12-1-4-14(5-2-12)22-17(23)9-11-7-8-24-16-6-3-13(20)10-15(16)18(11)21-22/h1-6,10-11H,7-9H2. The van der Waals surface area contributed by atoms with Gasteiger partial charge in [0.25, 0.3) is 0 Å². The first-order valence-corrected chi connectivity index (χ1v) is 9.46. The van der Waals surface area contributed by atoms with E-state index < -0.39 is 0 Å². The molecule has 0 aliphatic carbocycles. The summed E-state index contributed by atoms with van der Waals surface area (Å²) in [7, 11) is 0. The first-order valence-electron chi connectivity index (χ1n) is 7.71. The Kier molecular flexibility index (Phi) is 4.29. The summed E-state index contributed by atoms with van der Waals surface area (Å²) >= 11 is 13.9. The second-order valence-corrected chi connectivity index (χ2v) is 7.86. The molecule has 2 aromatic carbocycles. The smallest absolute Gasteiger partial charge is 0.248 e. The van der Waals surface area contributed by atoms with Gasteiger partial charge in [0.15, 0.2) is 0 Å². The summed E-state index contributed by atoms with van der Waals surface area (Å²) in [5.41, 5.74) is 2.73. The molecule has 0 saturated carbocycles. The van der Waals surface area contributed by atoms with E-state index in [1.807, 2.05) is 30.3 Å². The normalized spacial score (nSPS) is 20.1. The number of carbonyl (C=O) groups is 1. The lowest BCUT2D eigenvalue weighted by Gasteiger charge is -2.29. The van der Waals surface area contributed by atoms with E-state index in [0.29, 0.717) is 16.5 Å². The minimum absolute atomic E-state index is 0.0153. The van der Waals surface area contributed by atoms with Crippen molar-refractivity contribution in [1.82, 2.24) is 0 Å². The van der Waals surface area contributed by atoms with Crippen LogP contribution in [0.3, 0.4) is 0 Å². The molecule has 1 atom stereocenters. The first-order chi connectivity index (χ1) is 11.6. The number of hydrazone groups is 1. The molecule has 0 N–H and O–H groups in total. The van der Waals surface area contributed by atoms with Crippen molar-refractivity contribution in [2.24, 2.45) is 11.0 Å². The molecule has 0 saturated heterocycles. The Morgan fingerprint density at radius 3 is 2.62 bits per heavy atom. The fraction of sp³-hybridized carbons (Fsp3) is 0.222. The van der Waals surface area contributed by atoms with Crippen molar-refractivity contribution in [1.29, 1.82) is 0 Å². The van der Waals surface area contributed by atoms with E-state index in [0.717, 1.165) is 29.1 Å². The van der Waals surface area contributed by atoms with Gasteiger partial charge in [-0.3, -0.25) is 4.79 Å². The van der Waals surface area contributed by atoms with Crippen molar-refractivity contribution in [2.45, 2.75) is 17.7 Å². The predicted octanol–water partition coefficient (Wildman–Crippen LogP) is 5.25. The van der Waals surface area contributed by atoms with Crippen LogP contribution in [0.5, 0.6) is 0 Å². The Bertz CT molecular complexity index is 835. The van der Waals surface area contributed by atoms with Crippen LogP contribution in [0.1, 0.15) is 18.4 Å². The van der Waals surface area contributed by atoms with Crippen molar-refractivity contribution in [3.05, 3.63) is 58.1 Å². The molecule has 0 aromatic heterocycles. The molecule has 2 aromatic rings. The Morgan fingerprint density at radius 2 is 1.83 bits per heavy atom. The number of thioether (sulfide) groups is 1. The van der Waals surface area contributed by atoms with Gasteiger partial charge in [-0.05, 0) is 54.6 Å². The Morgan fingerprint density at radius 1 is 1.08 bits per heavy atom. The molecule has 6 heteroatoms. The summed E-state index contributed by atoms with van der Waals surface area (Å²) in [6, 6.07) is 13.1. The van der Waals surface area contributed by atoms with Crippen LogP contribution in [0.15, 0.2) is 52.5 Å². The Balaban J connectivity index is 1.82. The number of halogens is 2. The zero-order valence-corrected chi connectivity index (χ0v) is 15.0. The van der Waals surface area contributed by atoms with Crippen LogP contribution in [0.25, 0.3) is 0 Å². The number of hydrogen-bond donors (Lipinski definition) is 0. The molecule has 0 bridgehead atoms. The topological polar surface area (TPSA) is 32.7 Å². The number of benzene rings is 2. The van der Waals surface area contributed by atoms with Gasteiger partial charge >= 0.3 is 0 Å². The highest BCUT2D eigenvalue weighted by molar-refractivity contribution is 7.99. The van der Waals surface area contributed by atoms with E-state index in [1.165, 1.54) is 9.90 Å². The summed E-state index contributed by atoms with van der Waals surface area (Å²) in [5.74, 6) is 1.14. The molecule has 122 valence electrons. The molecule has 0 spiro atoms. The van der Waals surface area contributed by atoms with E-state index in [1.54, 1.807) is 23.9 Å². The third-order valence-corrected chi connectivity index (χ3v) is 5.86. The second-order valence-electron chi connectivity index (χ2n) is 5.85. The number of carbonyl (C=O) groups excluding carboxylic acids is 1. The molecular weight excluding hydrogens is 363 g/mol. The molecule has 2 heterocycles. The summed E-state index contributed by atoms with van der Waals surface area (Å²) in [6.07, 6.45) is 1.41. The Hall–Kier alpha value is -1.49. The van der Waals surface area contributed by atoms with Crippen molar-refractivity contribution in [3.8, 4) is 0 Å². The van der Waals surface area contributed by atoms with Gasteiger partial charge in [-0.15, -0.1) is 11.8 Å². The molecule has 3 nitrogen and oxygen atoms in total. The maximum Gasteiger partial charge on any atom is 0.248 e. The number of fused-ring (bicyclic) bond motifs is 3. The van der Waals surface area contributed by atoms with E-state index in [9.17, 15) is 4.79 Å². The van der Waals surface area contributed by atoms with Gasteiger partial charge < -0.3 is 0 Å². The maximum atomic E-state index is 12.6. The SMILES string of the molecule is O=C1CC2CCSc3ccc(Cl)cc3C2=NN1c1ccc(Cl)cc1. The third kappa shape index (κ3) is 2.94. The van der Waals surface area contributed by atoms with Gasteiger partial charge in [-0.25, -0.2) is 5.01 Å². The lowest BCUT2D eigenvalue weighted by molar-refractivity contribution is -0.119. The van der Waals surface area contributed by atoms with E-state index in [4.69, 9.17) is 28.3 Å². The molecule has 0 radical (unpaired) electrons. The molecule has 2 aliphatic heterocycles. The monoisotopic (exact) mass is 376 g/mol. The van der Waals surface area contributed by atoms with Crippen LogP contribution in [0.4, 0.5) is 5.69 Å². The van der Waals surface area contributed by atoms with Gasteiger partial charge in [-0.2, -0.15) is 5.10 Å². The van der Waals surface area contributed by atoms with E-state index in [2.05, 4.69) is 0 Å². The minimum Gasteiger partial charge on any atom is -0.273 e. The maximum absolute atomic E-state index is 12.6. The molecule has 2 aliphatic rings. The van der Waals surface area contributed by atoms with Crippen molar-refractivity contribution in [3.63, 3.8) is 0 Å². The van der Waals surface area contributed by atoms with Gasteiger partial charge in [0.05, 0.1) is 11.4 Å². The molecule has 1 unspecified atom stereocenters. The van der Waals surface area contributed by atoms with Crippen LogP contribution in [-0.2, 0) is 4.79 Å². The lowest BCUT2D eigenvalue weighted by Crippen LogP contribution is -2.37. The highest BCUT2D eigenvalue weighted by Crippen LogP contribution is 2.37. The zero-order valence-electron chi connectivity index (χ0n) is 12.7. The second kappa shape index (κ2) is 6.43. The number of hydrogen-bond acceptors (Lipinski definition) is 3. The van der Waals surface area contributed by atoms with Gasteiger partial charge in [0.2, 0.25) is 5.91 Å². The van der Waals surface area contributed by atoms with Gasteiger partial charge in [0.1, 0.15) is 0 Å². The van der Waals surface area contributed by atoms with Gasteiger partial charge in [-0.1, -0.05) is 23.2 Å². The predicted molar refractivity (Wildman–Crippen MR) is 100 cm³/mol. The highest BCUT2D eigenvalue weighted by Gasteiger charge is 2.33. The molecule has 4 rings (SSSR count). The summed E-state index contributed by atoms with van der Waals surface area (Å²) in [5, 5.41) is 7.52. The van der Waals surface area contributed by atoms with Crippen molar-refractivity contribution in [2.75, 3.05) is 10.8 Å². The van der Waals surface area contributed by atoms with Crippen LogP contribution < -0.4 is 5.01 Å². The van der Waals surface area contributed by atoms with Crippen LogP contribution in [0, 0.1) is 5.92 Å². The average Bonchev–Trinajstić information content (AvgIpc) is 2.74. The fourth-order valence-electron chi connectivity index (χ4n) is 3.08. The third-order valence-electron chi connectivity index (χ3n) is 4.26. The first kappa shape index (κ1) is 16.0. The van der Waals surface area contributed by atoms with E-state index >= 15 is 0 Å². The Labute approximate surface area is 154 Å². The quantitative estimate of drug-likeness (QED) is 0.680. The number of amides is 1. The minimum atomic E-state index is 0.0153. The number of anilines is 1. The molecular formula is C18H14Cl2N2OS. The summed E-state index contributed by atoms with van der Waals surface area (Å²) in [4.78, 5) is 13.8. The number of rotatable bonds is 1. The fourth-order valence-corrected chi connectivity index (χ4v) is 4.48. The molecule has 1 amide bonds. The summed E-state index contributed by atoms with van der Waals surface area (Å²) < 4.78 is 0. The van der Waals surface area contributed by atoms with Gasteiger partial charge in [0, 0.05) is 32.8 Å². The number of nitrogens with zero attached hydrogens (tertiary/aromatic N) is 2. The average molecular weight is 377 g/mol. The van der Waals surface area contributed by atoms with Crippen molar-refractivity contribution < 1.29 is 4.79 Å². The van der Waals surface area contributed by atoms with Crippen LogP contribution in [-0.4, -0.2) is 17.4 Å². The molecule has 0 fully saturated rings. The van der Waals surface area contributed by atoms with E-state index in [-0.39, 0.29) is 11.8 Å². The van der Waals surface area contributed by atoms with Crippen LogP contribution >= 0.6 is 35.0 Å². The zero-order chi connectivity index (χ0) is 16.7. The summed E-state index contributed by atoms with van der Waals surface area (Å²) in [6.45, 7) is 0. The highest BCUT2D eigenvalue weighted by atomic mass is 35.5. The van der Waals surface area contributed by atoms with Crippen molar-refractivity contribution >= 4 is 52.3 Å².